The first-order valence-corrected chi connectivity index (χ1v) is 3.21. The topological polar surface area (TPSA) is 44.0 Å². The van der Waals surface area contributed by atoms with Crippen LogP contribution in [0.3, 0.4) is 0 Å². The Labute approximate surface area is 67.9 Å². The van der Waals surface area contributed by atoms with Crippen LogP contribution in [-0.2, 0) is 0 Å². The number of allylic oxidation sites excluding steroid dienone is 3. The Morgan fingerprint density at radius 1 is 1.60 bits per heavy atom. The molecule has 0 bridgehead atoms. The Morgan fingerprint density at radius 2 is 2.10 bits per heavy atom. The van der Waals surface area contributed by atoms with E-state index in [0.717, 1.165) is 0 Å². The van der Waals surface area contributed by atoms with Gasteiger partial charge in [-0.25, -0.2) is 0 Å². The van der Waals surface area contributed by atoms with Crippen molar-refractivity contribution in [2.45, 2.75) is 0 Å². The van der Waals surface area contributed by atoms with Gasteiger partial charge in [0.15, 0.2) is 0 Å². The maximum Gasteiger partial charge on any atom is 0.122 e. The molecule has 3 heteroatoms. The molecule has 0 amide bonds. The molecule has 0 spiro atoms. The van der Waals surface area contributed by atoms with Gasteiger partial charge < -0.3 is 5.11 Å². The molecule has 0 aliphatic rings. The van der Waals surface area contributed by atoms with Crippen molar-refractivity contribution in [1.82, 2.24) is 0 Å². The average Bonchev–Trinajstić information content (AvgIpc) is 1.87. The smallest absolute Gasteiger partial charge is 0.122 e. The highest BCUT2D eigenvalue weighted by molar-refractivity contribution is 9.11. The molecule has 10 heavy (non-hydrogen) atoms. The summed E-state index contributed by atoms with van der Waals surface area (Å²) in [5.74, 6) is -0.114. The van der Waals surface area contributed by atoms with Crippen LogP contribution >= 0.6 is 15.9 Å². The van der Waals surface area contributed by atoms with Crippen molar-refractivity contribution >= 4 is 15.9 Å². The minimum absolute atomic E-state index is 0.114. The minimum Gasteiger partial charge on any atom is -0.507 e. The molecule has 0 heterocycles. The fraction of sp³-hybridized carbons (Fsp3) is 0. The highest BCUT2D eigenvalue weighted by atomic mass is 79.9. The first kappa shape index (κ1) is 8.99. The van der Waals surface area contributed by atoms with Crippen LogP contribution in [0.15, 0.2) is 35.0 Å². The highest BCUT2D eigenvalue weighted by Crippen LogP contribution is 2.14. The number of hydrogen-bond donors (Lipinski definition) is 1. The van der Waals surface area contributed by atoms with Crippen molar-refractivity contribution in [2.24, 2.45) is 0 Å². The molecular formula is C7H6BrNO. The number of nitriles is 1. The summed E-state index contributed by atoms with van der Waals surface area (Å²) in [6.45, 7) is 6.61. The molecule has 0 aliphatic carbocycles. The van der Waals surface area contributed by atoms with Gasteiger partial charge in [-0.1, -0.05) is 13.2 Å². The fourth-order valence-corrected chi connectivity index (χ4v) is 0.545. The van der Waals surface area contributed by atoms with E-state index < -0.39 is 0 Å². The third-order valence-corrected chi connectivity index (χ3v) is 1.41. The predicted octanol–water partition coefficient (Wildman–Crippen LogP) is 2.42. The Morgan fingerprint density at radius 3 is 2.40 bits per heavy atom. The van der Waals surface area contributed by atoms with Gasteiger partial charge in [0, 0.05) is 5.57 Å². The zero-order valence-corrected chi connectivity index (χ0v) is 6.85. The first-order valence-electron chi connectivity index (χ1n) is 2.42. The molecule has 0 saturated heterocycles. The van der Waals surface area contributed by atoms with Crippen LogP contribution in [0, 0.1) is 11.3 Å². The van der Waals surface area contributed by atoms with E-state index in [1.807, 2.05) is 0 Å². The lowest BCUT2D eigenvalue weighted by Crippen LogP contribution is -1.77. The van der Waals surface area contributed by atoms with E-state index in [1.165, 1.54) is 6.08 Å². The maximum atomic E-state index is 8.71. The van der Waals surface area contributed by atoms with Crippen LogP contribution in [0.4, 0.5) is 0 Å². The quantitative estimate of drug-likeness (QED) is 0.422. The summed E-state index contributed by atoms with van der Waals surface area (Å²) < 4.78 is 0.374. The van der Waals surface area contributed by atoms with E-state index in [0.29, 0.717) is 4.48 Å². The van der Waals surface area contributed by atoms with Gasteiger partial charge >= 0.3 is 0 Å². The van der Waals surface area contributed by atoms with Gasteiger partial charge in [0.05, 0.1) is 10.6 Å². The molecule has 0 unspecified atom stereocenters. The summed E-state index contributed by atoms with van der Waals surface area (Å²) >= 11 is 2.98. The third-order valence-electron chi connectivity index (χ3n) is 0.720. The van der Waals surface area contributed by atoms with Gasteiger partial charge in [-0.3, -0.25) is 0 Å². The maximum absolute atomic E-state index is 8.71. The molecule has 52 valence electrons. The number of aliphatic hydroxyl groups is 1. The van der Waals surface area contributed by atoms with E-state index in [2.05, 4.69) is 29.1 Å². The van der Waals surface area contributed by atoms with Crippen LogP contribution in [0.2, 0.25) is 0 Å². The number of rotatable bonds is 2. The summed E-state index contributed by atoms with van der Waals surface area (Å²) in [4.78, 5) is 0. The van der Waals surface area contributed by atoms with Crippen LogP contribution in [0.5, 0.6) is 0 Å². The molecule has 0 atom stereocenters. The zero-order chi connectivity index (χ0) is 8.15. The summed E-state index contributed by atoms with van der Waals surface area (Å²) in [7, 11) is 0. The zero-order valence-electron chi connectivity index (χ0n) is 5.26. The second kappa shape index (κ2) is 3.91. The number of aliphatic hydroxyl groups excluding tert-OH is 1. The monoisotopic (exact) mass is 199 g/mol. The molecule has 0 aromatic heterocycles. The Balaban J connectivity index is 4.35. The SMILES string of the molecule is C=C(C#N)/C=C(/Br)C(=C)O. The van der Waals surface area contributed by atoms with Gasteiger partial charge in [-0.2, -0.15) is 5.26 Å². The lowest BCUT2D eigenvalue weighted by molar-refractivity contribution is 0.433. The fourth-order valence-electron chi connectivity index (χ4n) is 0.269. The van der Waals surface area contributed by atoms with E-state index in [9.17, 15) is 0 Å². The highest BCUT2D eigenvalue weighted by Gasteiger charge is 1.94. The molecule has 0 aromatic carbocycles. The summed E-state index contributed by atoms with van der Waals surface area (Å²) in [5, 5.41) is 16.9. The van der Waals surface area contributed by atoms with Crippen LogP contribution in [-0.4, -0.2) is 5.11 Å². The Kier molecular flexibility index (Phi) is 3.52. The average molecular weight is 200 g/mol. The molecule has 1 N–H and O–H groups in total. The summed E-state index contributed by atoms with van der Waals surface area (Å²) in [5.41, 5.74) is 0.266. The lowest BCUT2D eigenvalue weighted by atomic mass is 10.3. The van der Waals surface area contributed by atoms with Gasteiger partial charge in [0.2, 0.25) is 0 Å². The van der Waals surface area contributed by atoms with Crippen molar-refractivity contribution in [2.75, 3.05) is 0 Å². The molecule has 0 rings (SSSR count). The molecule has 0 radical (unpaired) electrons. The van der Waals surface area contributed by atoms with Gasteiger partial charge in [0.1, 0.15) is 5.76 Å². The van der Waals surface area contributed by atoms with Gasteiger partial charge in [-0.15, -0.1) is 0 Å². The van der Waals surface area contributed by atoms with Crippen LogP contribution in [0.1, 0.15) is 0 Å². The molecule has 0 aromatic rings. The van der Waals surface area contributed by atoms with E-state index in [-0.39, 0.29) is 11.3 Å². The van der Waals surface area contributed by atoms with Crippen LogP contribution in [0.25, 0.3) is 0 Å². The third kappa shape index (κ3) is 3.10. The predicted molar refractivity (Wildman–Crippen MR) is 43.5 cm³/mol. The Bertz CT molecular complexity index is 234. The molecule has 0 aliphatic heterocycles. The number of hydrogen-bond acceptors (Lipinski definition) is 2. The van der Waals surface area contributed by atoms with Crippen molar-refractivity contribution in [1.29, 1.82) is 5.26 Å². The van der Waals surface area contributed by atoms with Crippen molar-refractivity contribution in [3.63, 3.8) is 0 Å². The van der Waals surface area contributed by atoms with Crippen LogP contribution < -0.4 is 0 Å². The van der Waals surface area contributed by atoms with Crippen molar-refractivity contribution in [3.8, 4) is 6.07 Å². The van der Waals surface area contributed by atoms with Gasteiger partial charge in [0.25, 0.3) is 0 Å². The number of halogens is 1. The van der Waals surface area contributed by atoms with Gasteiger partial charge in [-0.05, 0) is 22.0 Å². The molecule has 0 fully saturated rings. The standard InChI is InChI=1S/C7H6BrNO/c1-5(4-9)3-7(8)6(2)10/h3,10H,1-2H2/b7-3+. The summed E-state index contributed by atoms with van der Waals surface area (Å²) in [6.07, 6.45) is 1.39. The van der Waals surface area contributed by atoms with Crippen molar-refractivity contribution < 1.29 is 5.11 Å². The second-order valence-electron chi connectivity index (χ2n) is 1.58. The molecular weight excluding hydrogens is 194 g/mol. The second-order valence-corrected chi connectivity index (χ2v) is 2.43. The largest absolute Gasteiger partial charge is 0.507 e. The first-order chi connectivity index (χ1) is 4.57. The van der Waals surface area contributed by atoms with E-state index in [4.69, 9.17) is 10.4 Å². The normalized spacial score (nSPS) is 10.2. The van der Waals surface area contributed by atoms with E-state index in [1.54, 1.807) is 6.07 Å². The molecule has 2 nitrogen and oxygen atoms in total. The van der Waals surface area contributed by atoms with E-state index >= 15 is 0 Å². The molecule has 0 saturated carbocycles. The Hall–Kier alpha value is -1.01. The van der Waals surface area contributed by atoms with Crippen molar-refractivity contribution in [3.05, 3.63) is 35.0 Å². The lowest BCUT2D eigenvalue weighted by Gasteiger charge is -1.91. The number of nitrogens with zero attached hydrogens (tertiary/aromatic N) is 1. The summed E-state index contributed by atoms with van der Waals surface area (Å²) in [6, 6.07) is 1.80. The minimum atomic E-state index is -0.114.